The molecule has 0 aliphatic carbocycles. The third-order valence-electron chi connectivity index (χ3n) is 4.85. The van der Waals surface area contributed by atoms with E-state index in [0.29, 0.717) is 5.92 Å². The lowest BCUT2D eigenvalue weighted by Crippen LogP contribution is -2.33. The van der Waals surface area contributed by atoms with E-state index in [2.05, 4.69) is 34.7 Å². The fraction of sp³-hybridized carbons (Fsp3) is 0.444. The zero-order chi connectivity index (χ0) is 17.9. The molecule has 3 aromatic rings. The van der Waals surface area contributed by atoms with Crippen LogP contribution >= 0.6 is 11.3 Å². The van der Waals surface area contributed by atoms with Crippen LogP contribution in [0.4, 0.5) is 10.9 Å². The van der Waals surface area contributed by atoms with E-state index in [1.54, 1.807) is 23.7 Å². The van der Waals surface area contributed by atoms with Crippen molar-refractivity contribution in [2.24, 2.45) is 7.05 Å². The highest BCUT2D eigenvalue weighted by Crippen LogP contribution is 2.32. The molecule has 4 heterocycles. The number of thiazole rings is 1. The molecular formula is C18H23N7S. The number of aromatic nitrogens is 5. The summed E-state index contributed by atoms with van der Waals surface area (Å²) < 4.78 is 2.09. The standard InChI is InChI=1S/C18H23N7S/c1-13-11-26-18(22-13)23-17-16(20-5-6-21-17)14-3-7-25(8-4-14)10-15-9-19-12-24(15)2/h5-6,9,11-12,14H,3-4,7-8,10H2,1-2H3,(H,21,22,23). The fourth-order valence-electron chi connectivity index (χ4n) is 3.39. The molecular weight excluding hydrogens is 346 g/mol. The summed E-state index contributed by atoms with van der Waals surface area (Å²) in [5.74, 6) is 1.27. The molecule has 1 aliphatic heterocycles. The van der Waals surface area contributed by atoms with Gasteiger partial charge < -0.3 is 9.88 Å². The molecule has 0 aromatic carbocycles. The number of hydrogen-bond acceptors (Lipinski definition) is 7. The van der Waals surface area contributed by atoms with E-state index in [9.17, 15) is 0 Å². The lowest BCUT2D eigenvalue weighted by Gasteiger charge is -2.32. The summed E-state index contributed by atoms with van der Waals surface area (Å²) in [6.45, 7) is 5.06. The molecule has 1 saturated heterocycles. The van der Waals surface area contributed by atoms with Crippen molar-refractivity contribution in [3.63, 3.8) is 0 Å². The summed E-state index contributed by atoms with van der Waals surface area (Å²) in [6, 6.07) is 0. The molecule has 1 fully saturated rings. The van der Waals surface area contributed by atoms with Crippen LogP contribution < -0.4 is 5.32 Å². The Morgan fingerprint density at radius 1 is 1.23 bits per heavy atom. The second-order valence-electron chi connectivity index (χ2n) is 6.76. The average molecular weight is 369 g/mol. The van der Waals surface area contributed by atoms with Crippen LogP contribution in [0.2, 0.25) is 0 Å². The number of hydrogen-bond donors (Lipinski definition) is 1. The van der Waals surface area contributed by atoms with Crippen molar-refractivity contribution in [2.45, 2.75) is 32.2 Å². The first-order valence-corrected chi connectivity index (χ1v) is 9.74. The van der Waals surface area contributed by atoms with Gasteiger partial charge in [0.15, 0.2) is 10.9 Å². The van der Waals surface area contributed by atoms with E-state index < -0.39 is 0 Å². The molecule has 0 spiro atoms. The zero-order valence-corrected chi connectivity index (χ0v) is 15.9. The predicted octanol–water partition coefficient (Wildman–Crippen LogP) is 3.10. The van der Waals surface area contributed by atoms with E-state index >= 15 is 0 Å². The van der Waals surface area contributed by atoms with Crippen molar-refractivity contribution in [1.29, 1.82) is 0 Å². The number of anilines is 2. The van der Waals surface area contributed by atoms with Gasteiger partial charge in [0.1, 0.15) is 0 Å². The molecule has 136 valence electrons. The fourth-order valence-corrected chi connectivity index (χ4v) is 4.07. The van der Waals surface area contributed by atoms with Crippen molar-refractivity contribution in [2.75, 3.05) is 18.4 Å². The SMILES string of the molecule is Cc1csc(Nc2nccnc2C2CCN(Cc3cncn3C)CC2)n1. The molecule has 1 aliphatic rings. The molecule has 4 rings (SSSR count). The molecule has 0 saturated carbocycles. The van der Waals surface area contributed by atoms with E-state index in [1.165, 1.54) is 5.69 Å². The van der Waals surface area contributed by atoms with Gasteiger partial charge in [0.05, 0.1) is 23.4 Å². The molecule has 1 N–H and O–H groups in total. The molecule has 3 aromatic heterocycles. The number of piperidine rings is 1. The zero-order valence-electron chi connectivity index (χ0n) is 15.1. The molecule has 0 amide bonds. The largest absolute Gasteiger partial charge is 0.337 e. The Morgan fingerprint density at radius 3 is 2.73 bits per heavy atom. The van der Waals surface area contributed by atoms with Gasteiger partial charge in [0, 0.05) is 43.5 Å². The van der Waals surface area contributed by atoms with Crippen molar-refractivity contribution < 1.29 is 0 Å². The van der Waals surface area contributed by atoms with Gasteiger partial charge in [0.25, 0.3) is 0 Å². The predicted molar refractivity (Wildman–Crippen MR) is 103 cm³/mol. The lowest BCUT2D eigenvalue weighted by molar-refractivity contribution is 0.199. The van der Waals surface area contributed by atoms with Gasteiger partial charge in [-0.1, -0.05) is 0 Å². The van der Waals surface area contributed by atoms with E-state index in [1.807, 2.05) is 31.9 Å². The number of aryl methyl sites for hydroxylation is 2. The van der Waals surface area contributed by atoms with Crippen LogP contribution in [0.25, 0.3) is 0 Å². The monoisotopic (exact) mass is 369 g/mol. The van der Waals surface area contributed by atoms with Gasteiger partial charge in [-0.05, 0) is 32.9 Å². The van der Waals surface area contributed by atoms with Crippen LogP contribution in [0, 0.1) is 6.92 Å². The second kappa shape index (κ2) is 7.51. The maximum atomic E-state index is 4.64. The summed E-state index contributed by atoms with van der Waals surface area (Å²) in [5, 5.41) is 6.26. The van der Waals surface area contributed by atoms with Gasteiger partial charge in [0.2, 0.25) is 0 Å². The summed E-state index contributed by atoms with van der Waals surface area (Å²) in [5.41, 5.74) is 3.33. The highest BCUT2D eigenvalue weighted by Gasteiger charge is 2.25. The molecule has 26 heavy (non-hydrogen) atoms. The summed E-state index contributed by atoms with van der Waals surface area (Å²) in [6.07, 6.45) is 9.51. The first-order valence-electron chi connectivity index (χ1n) is 8.86. The van der Waals surface area contributed by atoms with Crippen LogP contribution in [0.15, 0.2) is 30.3 Å². The minimum atomic E-state index is 0.426. The minimum absolute atomic E-state index is 0.426. The van der Waals surface area contributed by atoms with Gasteiger partial charge in [-0.2, -0.15) is 0 Å². The number of nitrogens with zero attached hydrogens (tertiary/aromatic N) is 6. The van der Waals surface area contributed by atoms with E-state index in [4.69, 9.17) is 0 Å². The van der Waals surface area contributed by atoms with E-state index in [-0.39, 0.29) is 0 Å². The van der Waals surface area contributed by atoms with Gasteiger partial charge >= 0.3 is 0 Å². The number of imidazole rings is 1. The van der Waals surface area contributed by atoms with Crippen LogP contribution in [-0.4, -0.2) is 42.5 Å². The molecule has 0 atom stereocenters. The molecule has 0 radical (unpaired) electrons. The maximum Gasteiger partial charge on any atom is 0.188 e. The Morgan fingerprint density at radius 2 is 2.04 bits per heavy atom. The molecule has 0 bridgehead atoms. The summed E-state index contributed by atoms with van der Waals surface area (Å²) in [7, 11) is 2.05. The topological polar surface area (TPSA) is 71.8 Å². The highest BCUT2D eigenvalue weighted by atomic mass is 32.1. The number of rotatable bonds is 5. The summed E-state index contributed by atoms with van der Waals surface area (Å²) in [4.78, 5) is 20.3. The summed E-state index contributed by atoms with van der Waals surface area (Å²) >= 11 is 1.60. The molecule has 0 unspecified atom stereocenters. The third kappa shape index (κ3) is 3.76. The highest BCUT2D eigenvalue weighted by molar-refractivity contribution is 7.13. The van der Waals surface area contributed by atoms with Crippen molar-refractivity contribution >= 4 is 22.3 Å². The maximum absolute atomic E-state index is 4.64. The molecule has 8 heteroatoms. The van der Waals surface area contributed by atoms with Crippen LogP contribution in [0.3, 0.4) is 0 Å². The Hall–Kier alpha value is -2.32. The average Bonchev–Trinajstić information content (AvgIpc) is 3.25. The number of nitrogens with one attached hydrogen (secondary N) is 1. The van der Waals surface area contributed by atoms with Gasteiger partial charge in [-0.25, -0.2) is 15.0 Å². The van der Waals surface area contributed by atoms with Gasteiger partial charge in [-0.15, -0.1) is 11.3 Å². The smallest absolute Gasteiger partial charge is 0.188 e. The van der Waals surface area contributed by atoms with Crippen LogP contribution in [-0.2, 0) is 13.6 Å². The van der Waals surface area contributed by atoms with Crippen molar-refractivity contribution in [3.05, 3.63) is 47.4 Å². The Kier molecular flexibility index (Phi) is 4.94. The molecule has 7 nitrogen and oxygen atoms in total. The quantitative estimate of drug-likeness (QED) is 0.745. The van der Waals surface area contributed by atoms with Crippen molar-refractivity contribution in [3.8, 4) is 0 Å². The van der Waals surface area contributed by atoms with Crippen molar-refractivity contribution in [1.82, 2.24) is 29.4 Å². The van der Waals surface area contributed by atoms with Crippen LogP contribution in [0.1, 0.15) is 35.8 Å². The first-order chi connectivity index (χ1) is 12.7. The Labute approximate surface area is 157 Å². The normalized spacial score (nSPS) is 16.1. The Bertz CT molecular complexity index is 864. The second-order valence-corrected chi connectivity index (χ2v) is 7.61. The van der Waals surface area contributed by atoms with E-state index in [0.717, 1.165) is 54.8 Å². The number of likely N-dealkylation sites (tertiary alicyclic amines) is 1. The minimum Gasteiger partial charge on any atom is -0.337 e. The first kappa shape index (κ1) is 17.1. The lowest BCUT2D eigenvalue weighted by atomic mass is 9.93. The van der Waals surface area contributed by atoms with Gasteiger partial charge in [-0.3, -0.25) is 9.88 Å². The third-order valence-corrected chi connectivity index (χ3v) is 5.72. The Balaban J connectivity index is 1.42. The van der Waals surface area contributed by atoms with Crippen LogP contribution in [0.5, 0.6) is 0 Å².